The SMILES string of the molecule is CS(=O)(=O)CC(=O)NCc1ccc(C(=O)O)nc1. The molecule has 8 heteroatoms. The Morgan fingerprint density at radius 2 is 2.06 bits per heavy atom. The molecule has 18 heavy (non-hydrogen) atoms. The summed E-state index contributed by atoms with van der Waals surface area (Å²) in [5.74, 6) is -2.32. The van der Waals surface area contributed by atoms with E-state index in [0.29, 0.717) is 5.56 Å². The smallest absolute Gasteiger partial charge is 0.354 e. The minimum atomic E-state index is -3.35. The Hall–Kier alpha value is -1.96. The van der Waals surface area contributed by atoms with E-state index in [0.717, 1.165) is 6.26 Å². The lowest BCUT2D eigenvalue weighted by atomic mass is 10.2. The van der Waals surface area contributed by atoms with Crippen LogP contribution in [0.25, 0.3) is 0 Å². The summed E-state index contributed by atoms with van der Waals surface area (Å²) < 4.78 is 21.7. The monoisotopic (exact) mass is 272 g/mol. The molecule has 1 aromatic heterocycles. The highest BCUT2D eigenvalue weighted by Crippen LogP contribution is 2.00. The highest BCUT2D eigenvalue weighted by atomic mass is 32.2. The summed E-state index contributed by atoms with van der Waals surface area (Å²) in [7, 11) is -3.35. The fraction of sp³-hybridized carbons (Fsp3) is 0.300. The van der Waals surface area contributed by atoms with Crippen molar-refractivity contribution in [3.8, 4) is 0 Å². The predicted octanol–water partition coefficient (Wildman–Crippen LogP) is -0.559. The van der Waals surface area contributed by atoms with E-state index in [-0.39, 0.29) is 12.2 Å². The van der Waals surface area contributed by atoms with Crippen molar-refractivity contribution in [3.05, 3.63) is 29.6 Å². The number of rotatable bonds is 5. The number of carboxylic acids is 1. The number of nitrogens with one attached hydrogen (secondary N) is 1. The molecule has 0 spiro atoms. The second-order valence-electron chi connectivity index (χ2n) is 3.70. The van der Waals surface area contributed by atoms with Gasteiger partial charge in [-0.3, -0.25) is 4.79 Å². The molecule has 2 N–H and O–H groups in total. The number of carbonyl (C=O) groups is 2. The average molecular weight is 272 g/mol. The second-order valence-corrected chi connectivity index (χ2v) is 5.84. The zero-order valence-electron chi connectivity index (χ0n) is 9.58. The molecule has 0 saturated carbocycles. The topological polar surface area (TPSA) is 113 Å². The molecule has 0 aliphatic rings. The maximum atomic E-state index is 11.2. The molecule has 0 unspecified atom stereocenters. The summed E-state index contributed by atoms with van der Waals surface area (Å²) in [5, 5.41) is 11.0. The molecular weight excluding hydrogens is 260 g/mol. The van der Waals surface area contributed by atoms with Crippen molar-refractivity contribution in [2.45, 2.75) is 6.54 Å². The van der Waals surface area contributed by atoms with Crippen LogP contribution < -0.4 is 5.32 Å². The van der Waals surface area contributed by atoms with Crippen molar-refractivity contribution in [2.24, 2.45) is 0 Å². The van der Waals surface area contributed by atoms with Crippen LogP contribution in [-0.4, -0.2) is 42.4 Å². The summed E-state index contributed by atoms with van der Waals surface area (Å²) in [5.41, 5.74) is 0.489. The highest BCUT2D eigenvalue weighted by Gasteiger charge is 2.10. The maximum Gasteiger partial charge on any atom is 0.354 e. The molecule has 0 saturated heterocycles. The molecule has 0 aliphatic carbocycles. The predicted molar refractivity (Wildman–Crippen MR) is 62.8 cm³/mol. The van der Waals surface area contributed by atoms with Gasteiger partial charge in [-0.15, -0.1) is 0 Å². The zero-order chi connectivity index (χ0) is 13.8. The number of nitrogens with zero attached hydrogens (tertiary/aromatic N) is 1. The molecule has 0 fully saturated rings. The van der Waals surface area contributed by atoms with Gasteiger partial charge in [-0.05, 0) is 11.6 Å². The third kappa shape index (κ3) is 4.91. The summed E-state index contributed by atoms with van der Waals surface area (Å²) in [6, 6.07) is 2.80. The maximum absolute atomic E-state index is 11.2. The number of carbonyl (C=O) groups excluding carboxylic acids is 1. The molecule has 1 rings (SSSR count). The molecule has 0 bridgehead atoms. The van der Waals surface area contributed by atoms with E-state index in [4.69, 9.17) is 5.11 Å². The van der Waals surface area contributed by atoms with Gasteiger partial charge in [0.05, 0.1) is 0 Å². The lowest BCUT2D eigenvalue weighted by Gasteiger charge is -2.04. The molecular formula is C10H12N2O5S. The molecule has 0 radical (unpaired) electrons. The number of pyridine rings is 1. The minimum absolute atomic E-state index is 0.0961. The van der Waals surface area contributed by atoms with E-state index in [2.05, 4.69) is 10.3 Å². The lowest BCUT2D eigenvalue weighted by Crippen LogP contribution is -2.29. The van der Waals surface area contributed by atoms with E-state index in [1.54, 1.807) is 0 Å². The van der Waals surface area contributed by atoms with Crippen LogP contribution in [0.4, 0.5) is 0 Å². The first-order valence-electron chi connectivity index (χ1n) is 4.90. The first-order chi connectivity index (χ1) is 8.28. The van der Waals surface area contributed by atoms with E-state index in [1.165, 1.54) is 18.3 Å². The molecule has 98 valence electrons. The number of amides is 1. The van der Waals surface area contributed by atoms with Gasteiger partial charge in [0.15, 0.2) is 9.84 Å². The van der Waals surface area contributed by atoms with Gasteiger partial charge < -0.3 is 10.4 Å². The zero-order valence-corrected chi connectivity index (χ0v) is 10.4. The van der Waals surface area contributed by atoms with Gasteiger partial charge in [-0.2, -0.15) is 0 Å². The fourth-order valence-corrected chi connectivity index (χ4v) is 1.72. The first-order valence-corrected chi connectivity index (χ1v) is 6.96. The van der Waals surface area contributed by atoms with Crippen molar-refractivity contribution in [3.63, 3.8) is 0 Å². The fourth-order valence-electron chi connectivity index (χ4n) is 1.15. The van der Waals surface area contributed by atoms with Crippen LogP contribution in [-0.2, 0) is 21.2 Å². The van der Waals surface area contributed by atoms with Crippen LogP contribution in [0.1, 0.15) is 16.1 Å². The largest absolute Gasteiger partial charge is 0.477 e. The van der Waals surface area contributed by atoms with Gasteiger partial charge in [0, 0.05) is 19.0 Å². The number of aromatic carboxylic acids is 1. The van der Waals surface area contributed by atoms with Crippen molar-refractivity contribution < 1.29 is 23.1 Å². The van der Waals surface area contributed by atoms with Gasteiger partial charge in [-0.1, -0.05) is 6.07 Å². The Bertz CT molecular complexity index is 550. The highest BCUT2D eigenvalue weighted by molar-refractivity contribution is 7.91. The summed E-state index contributed by atoms with van der Waals surface area (Å²) >= 11 is 0. The number of hydrogen-bond acceptors (Lipinski definition) is 5. The number of carboxylic acid groups (broad SMARTS) is 1. The lowest BCUT2D eigenvalue weighted by molar-refractivity contribution is -0.118. The van der Waals surface area contributed by atoms with E-state index >= 15 is 0 Å². The van der Waals surface area contributed by atoms with Crippen LogP contribution >= 0.6 is 0 Å². The van der Waals surface area contributed by atoms with Gasteiger partial charge in [0.1, 0.15) is 11.4 Å². The third-order valence-corrected chi connectivity index (χ3v) is 2.71. The van der Waals surface area contributed by atoms with Crippen LogP contribution in [0.2, 0.25) is 0 Å². The first kappa shape index (κ1) is 14.1. The number of aromatic nitrogens is 1. The summed E-state index contributed by atoms with van der Waals surface area (Å²) in [6.07, 6.45) is 2.28. The van der Waals surface area contributed by atoms with Crippen LogP contribution in [0.3, 0.4) is 0 Å². The molecule has 1 amide bonds. The van der Waals surface area contributed by atoms with Crippen molar-refractivity contribution in [1.29, 1.82) is 0 Å². The van der Waals surface area contributed by atoms with Crippen LogP contribution in [0.5, 0.6) is 0 Å². The summed E-state index contributed by atoms with van der Waals surface area (Å²) in [4.78, 5) is 25.4. The Balaban J connectivity index is 2.54. The Morgan fingerprint density at radius 1 is 1.39 bits per heavy atom. The van der Waals surface area contributed by atoms with Crippen molar-refractivity contribution >= 4 is 21.7 Å². The minimum Gasteiger partial charge on any atom is -0.477 e. The Morgan fingerprint density at radius 3 is 2.50 bits per heavy atom. The molecule has 1 heterocycles. The van der Waals surface area contributed by atoms with Crippen molar-refractivity contribution in [2.75, 3.05) is 12.0 Å². The molecule has 0 aliphatic heterocycles. The number of hydrogen-bond donors (Lipinski definition) is 2. The Labute approximate surface area is 104 Å². The summed E-state index contributed by atoms with van der Waals surface area (Å²) in [6.45, 7) is 0.0985. The second kappa shape index (κ2) is 5.58. The van der Waals surface area contributed by atoms with E-state index in [9.17, 15) is 18.0 Å². The molecule has 0 atom stereocenters. The average Bonchev–Trinajstić information content (AvgIpc) is 2.24. The van der Waals surface area contributed by atoms with Crippen molar-refractivity contribution in [1.82, 2.24) is 10.3 Å². The number of sulfone groups is 1. The van der Waals surface area contributed by atoms with Gasteiger partial charge >= 0.3 is 5.97 Å². The Kier molecular flexibility index (Phi) is 4.38. The van der Waals surface area contributed by atoms with Gasteiger partial charge in [-0.25, -0.2) is 18.2 Å². The van der Waals surface area contributed by atoms with Gasteiger partial charge in [0.25, 0.3) is 0 Å². The quantitative estimate of drug-likeness (QED) is 0.742. The molecule has 7 nitrogen and oxygen atoms in total. The third-order valence-electron chi connectivity index (χ3n) is 1.93. The van der Waals surface area contributed by atoms with Gasteiger partial charge in [0.2, 0.25) is 5.91 Å². The molecule has 0 aromatic carbocycles. The van der Waals surface area contributed by atoms with E-state index < -0.39 is 27.5 Å². The van der Waals surface area contributed by atoms with Crippen LogP contribution in [0, 0.1) is 0 Å². The normalized spacial score (nSPS) is 10.9. The van der Waals surface area contributed by atoms with Crippen LogP contribution in [0.15, 0.2) is 18.3 Å². The van der Waals surface area contributed by atoms with E-state index in [1.807, 2.05) is 0 Å². The molecule has 1 aromatic rings. The standard InChI is InChI=1S/C10H12N2O5S/c1-18(16,17)6-9(13)12-5-7-2-3-8(10(14)15)11-4-7/h2-4H,5-6H2,1H3,(H,12,13)(H,14,15).